The molecule has 0 atom stereocenters. The normalized spacial score (nSPS) is 10.5. The third-order valence-electron chi connectivity index (χ3n) is 2.52. The van der Waals surface area contributed by atoms with Crippen molar-refractivity contribution < 1.29 is 9.90 Å². The summed E-state index contributed by atoms with van der Waals surface area (Å²) in [5, 5.41) is 17.1. The van der Waals surface area contributed by atoms with Crippen LogP contribution in [0.3, 0.4) is 0 Å². The predicted octanol–water partition coefficient (Wildman–Crippen LogP) is 0.546. The first-order valence-electron chi connectivity index (χ1n) is 5.32. The van der Waals surface area contributed by atoms with Gasteiger partial charge in [-0.25, -0.2) is 24.1 Å². The highest BCUT2D eigenvalue weighted by molar-refractivity contribution is 5.89. The molecule has 0 saturated carbocycles. The van der Waals surface area contributed by atoms with Crippen LogP contribution < -0.4 is 0 Å². The molecule has 0 unspecified atom stereocenters. The molecule has 94 valence electrons. The van der Waals surface area contributed by atoms with Crippen molar-refractivity contribution in [3.05, 3.63) is 49.1 Å². The van der Waals surface area contributed by atoms with E-state index in [1.54, 1.807) is 6.07 Å². The maximum absolute atomic E-state index is 11.2. The molecule has 0 spiro atoms. The molecule has 0 amide bonds. The second-order valence-electron chi connectivity index (χ2n) is 3.72. The molecule has 0 aliphatic heterocycles. The van der Waals surface area contributed by atoms with Crippen molar-refractivity contribution in [2.75, 3.05) is 0 Å². The van der Waals surface area contributed by atoms with Crippen molar-refractivity contribution in [1.82, 2.24) is 29.5 Å². The minimum atomic E-state index is -1.02. The largest absolute Gasteiger partial charge is 0.478 e. The van der Waals surface area contributed by atoms with Crippen molar-refractivity contribution in [2.45, 2.75) is 0 Å². The summed E-state index contributed by atoms with van der Waals surface area (Å²) in [6.07, 6.45) is 5.74. The zero-order valence-electron chi connectivity index (χ0n) is 9.58. The molecular weight excluding hydrogens is 248 g/mol. The lowest BCUT2D eigenvalue weighted by Crippen LogP contribution is -2.04. The third kappa shape index (κ3) is 2.06. The standard InChI is InChI=1S/C11H8N6O2/c18-11(19)8-1-9(16-6-12-4-14-16)3-10(2-8)17-7-13-5-15-17/h1-7H,(H,18,19). The number of benzene rings is 1. The molecule has 1 aromatic carbocycles. The number of aromatic carboxylic acids is 1. The first-order chi connectivity index (χ1) is 9.24. The molecule has 8 heteroatoms. The highest BCUT2D eigenvalue weighted by Gasteiger charge is 2.10. The van der Waals surface area contributed by atoms with Crippen LogP contribution in [0.1, 0.15) is 10.4 Å². The van der Waals surface area contributed by atoms with E-state index in [4.69, 9.17) is 5.11 Å². The maximum atomic E-state index is 11.2. The molecule has 0 radical (unpaired) electrons. The second kappa shape index (κ2) is 4.33. The number of carbonyl (C=O) groups is 1. The Kier molecular flexibility index (Phi) is 2.53. The molecule has 0 saturated heterocycles. The average Bonchev–Trinajstić information content (AvgIpc) is 3.11. The predicted molar refractivity (Wildman–Crippen MR) is 63.2 cm³/mol. The first-order valence-corrected chi connectivity index (χ1v) is 5.32. The summed E-state index contributed by atoms with van der Waals surface area (Å²) in [4.78, 5) is 18.8. The van der Waals surface area contributed by atoms with Gasteiger partial charge in [0, 0.05) is 0 Å². The number of nitrogens with zero attached hydrogens (tertiary/aromatic N) is 6. The van der Waals surface area contributed by atoms with E-state index in [9.17, 15) is 4.79 Å². The summed E-state index contributed by atoms with van der Waals surface area (Å²) in [5.74, 6) is -1.02. The lowest BCUT2D eigenvalue weighted by atomic mass is 10.1. The lowest BCUT2D eigenvalue weighted by Gasteiger charge is -2.07. The minimum absolute atomic E-state index is 0.138. The Bertz CT molecular complexity index is 652. The summed E-state index contributed by atoms with van der Waals surface area (Å²) >= 11 is 0. The molecule has 2 aromatic heterocycles. The van der Waals surface area contributed by atoms with E-state index in [1.165, 1.54) is 46.8 Å². The molecule has 2 heterocycles. The monoisotopic (exact) mass is 256 g/mol. The van der Waals surface area contributed by atoms with Gasteiger partial charge in [-0.05, 0) is 18.2 Å². The van der Waals surface area contributed by atoms with Crippen molar-refractivity contribution in [3.8, 4) is 11.4 Å². The Morgan fingerprint density at radius 2 is 1.47 bits per heavy atom. The van der Waals surface area contributed by atoms with Gasteiger partial charge in [0.2, 0.25) is 0 Å². The van der Waals surface area contributed by atoms with Crippen molar-refractivity contribution in [1.29, 1.82) is 0 Å². The maximum Gasteiger partial charge on any atom is 0.335 e. The number of hydrogen-bond donors (Lipinski definition) is 1. The Balaban J connectivity index is 2.18. The highest BCUT2D eigenvalue weighted by atomic mass is 16.4. The van der Waals surface area contributed by atoms with Crippen molar-refractivity contribution in [2.24, 2.45) is 0 Å². The molecule has 3 rings (SSSR count). The van der Waals surface area contributed by atoms with E-state index in [-0.39, 0.29) is 5.56 Å². The fourth-order valence-corrected chi connectivity index (χ4v) is 1.67. The van der Waals surface area contributed by atoms with Gasteiger partial charge in [0.1, 0.15) is 25.3 Å². The van der Waals surface area contributed by atoms with Gasteiger partial charge in [-0.3, -0.25) is 0 Å². The Morgan fingerprint density at radius 3 is 1.84 bits per heavy atom. The SMILES string of the molecule is O=C(O)c1cc(-n2cncn2)cc(-n2cncn2)c1. The zero-order chi connectivity index (χ0) is 13.2. The van der Waals surface area contributed by atoms with E-state index in [0.717, 1.165) is 0 Å². The number of aromatic nitrogens is 6. The van der Waals surface area contributed by atoms with E-state index < -0.39 is 5.97 Å². The van der Waals surface area contributed by atoms with Crippen LogP contribution >= 0.6 is 0 Å². The third-order valence-corrected chi connectivity index (χ3v) is 2.52. The number of carboxylic acid groups (broad SMARTS) is 1. The number of carboxylic acids is 1. The molecular formula is C11H8N6O2. The molecule has 19 heavy (non-hydrogen) atoms. The quantitative estimate of drug-likeness (QED) is 0.734. The number of rotatable bonds is 3. The van der Waals surface area contributed by atoms with Crippen LogP contribution in [0.25, 0.3) is 11.4 Å². The average molecular weight is 256 g/mol. The van der Waals surface area contributed by atoms with E-state index in [1.807, 2.05) is 0 Å². The van der Waals surface area contributed by atoms with Crippen molar-refractivity contribution in [3.63, 3.8) is 0 Å². The first kappa shape index (κ1) is 11.1. The van der Waals surface area contributed by atoms with Crippen LogP contribution in [-0.2, 0) is 0 Å². The lowest BCUT2D eigenvalue weighted by molar-refractivity contribution is 0.0697. The van der Waals surface area contributed by atoms with Gasteiger partial charge < -0.3 is 5.11 Å². The Labute approximate surface area is 107 Å². The van der Waals surface area contributed by atoms with Crippen LogP contribution in [0, 0.1) is 0 Å². The van der Waals surface area contributed by atoms with E-state index >= 15 is 0 Å². The van der Waals surface area contributed by atoms with Crippen LogP contribution in [-0.4, -0.2) is 40.6 Å². The topological polar surface area (TPSA) is 98.7 Å². The van der Waals surface area contributed by atoms with Gasteiger partial charge in [-0.2, -0.15) is 10.2 Å². The van der Waals surface area contributed by atoms with Gasteiger partial charge in [0.25, 0.3) is 0 Å². The van der Waals surface area contributed by atoms with Crippen LogP contribution in [0.15, 0.2) is 43.5 Å². The fourth-order valence-electron chi connectivity index (χ4n) is 1.67. The van der Waals surface area contributed by atoms with Gasteiger partial charge in [0.15, 0.2) is 0 Å². The molecule has 1 N–H and O–H groups in total. The summed E-state index contributed by atoms with van der Waals surface area (Å²) < 4.78 is 2.96. The molecule has 0 bridgehead atoms. The second-order valence-corrected chi connectivity index (χ2v) is 3.72. The summed E-state index contributed by atoms with van der Waals surface area (Å²) in [5.41, 5.74) is 1.31. The smallest absolute Gasteiger partial charge is 0.335 e. The summed E-state index contributed by atoms with van der Waals surface area (Å²) in [6.45, 7) is 0. The highest BCUT2D eigenvalue weighted by Crippen LogP contribution is 2.16. The van der Waals surface area contributed by atoms with Crippen LogP contribution in [0.2, 0.25) is 0 Å². The van der Waals surface area contributed by atoms with Crippen LogP contribution in [0.5, 0.6) is 0 Å². The molecule has 8 nitrogen and oxygen atoms in total. The number of hydrogen-bond acceptors (Lipinski definition) is 5. The summed E-state index contributed by atoms with van der Waals surface area (Å²) in [7, 11) is 0. The molecule has 0 aliphatic rings. The fraction of sp³-hybridized carbons (Fsp3) is 0. The summed E-state index contributed by atoms with van der Waals surface area (Å²) in [6, 6.07) is 4.77. The molecule has 0 fully saturated rings. The van der Waals surface area contributed by atoms with Gasteiger partial charge in [0.05, 0.1) is 16.9 Å². The van der Waals surface area contributed by atoms with Crippen LogP contribution in [0.4, 0.5) is 0 Å². The van der Waals surface area contributed by atoms with Gasteiger partial charge in [-0.1, -0.05) is 0 Å². The van der Waals surface area contributed by atoms with Gasteiger partial charge in [-0.15, -0.1) is 0 Å². The molecule has 0 aliphatic carbocycles. The Hall–Kier alpha value is -3.03. The Morgan fingerprint density at radius 1 is 0.947 bits per heavy atom. The van der Waals surface area contributed by atoms with E-state index in [0.29, 0.717) is 11.4 Å². The zero-order valence-corrected chi connectivity index (χ0v) is 9.58. The van der Waals surface area contributed by atoms with Gasteiger partial charge >= 0.3 is 5.97 Å². The molecule has 3 aromatic rings. The van der Waals surface area contributed by atoms with E-state index in [2.05, 4.69) is 20.2 Å². The minimum Gasteiger partial charge on any atom is -0.478 e. The van der Waals surface area contributed by atoms with Crippen molar-refractivity contribution >= 4 is 5.97 Å².